The summed E-state index contributed by atoms with van der Waals surface area (Å²) < 4.78 is 74.2. The van der Waals surface area contributed by atoms with E-state index in [1.807, 2.05) is 44.2 Å². The van der Waals surface area contributed by atoms with Crippen molar-refractivity contribution in [1.29, 1.82) is 0 Å². The van der Waals surface area contributed by atoms with Crippen LogP contribution in [-0.4, -0.2) is 0 Å². The summed E-state index contributed by atoms with van der Waals surface area (Å²) in [6.45, 7) is 0. The van der Waals surface area contributed by atoms with Crippen molar-refractivity contribution < 1.29 is 46.6 Å². The third-order valence-corrected chi connectivity index (χ3v) is 11.5. The average Bonchev–Trinajstić information content (AvgIpc) is 3.48. The van der Waals surface area contributed by atoms with Crippen LogP contribution in [-0.2, 0) is 17.1 Å². The van der Waals surface area contributed by atoms with E-state index in [-0.39, 0.29) is 22.9 Å². The van der Waals surface area contributed by atoms with Crippen LogP contribution < -0.4 is 37.1 Å². The van der Waals surface area contributed by atoms with E-state index in [1.165, 1.54) is 31.8 Å². The van der Waals surface area contributed by atoms with E-state index in [4.69, 9.17) is 0 Å². The minimum absolute atomic E-state index is 0. The van der Waals surface area contributed by atoms with Gasteiger partial charge in [-0.2, -0.15) is 0 Å². The van der Waals surface area contributed by atoms with Crippen molar-refractivity contribution in [2.24, 2.45) is 0 Å². The number of halogens is 7. The Morgan fingerprint density at radius 1 is 0.439 bits per heavy atom. The molecule has 6 rings (SSSR count). The van der Waals surface area contributed by atoms with Gasteiger partial charge in [0.25, 0.3) is 0 Å². The van der Waals surface area contributed by atoms with Crippen molar-refractivity contribution in [2.75, 3.05) is 0 Å². The van der Waals surface area contributed by atoms with Crippen molar-refractivity contribution >= 4 is 70.0 Å². The van der Waals surface area contributed by atoms with Gasteiger partial charge in [-0.05, 0) is 77.9 Å². The van der Waals surface area contributed by atoms with Crippen molar-refractivity contribution in [3.8, 4) is 0 Å². The predicted octanol–water partition coefficient (Wildman–Crippen LogP) is 7.56. The molecular formula is C29H23F7FeP4+. The summed E-state index contributed by atoms with van der Waals surface area (Å²) in [5, 5.41) is 8.81. The normalized spacial score (nSPS) is 18.6. The van der Waals surface area contributed by atoms with Gasteiger partial charge in [0, 0.05) is 5.30 Å². The molecule has 2 atom stereocenters. The van der Waals surface area contributed by atoms with Gasteiger partial charge in [0.15, 0.2) is 0 Å². The summed E-state index contributed by atoms with van der Waals surface area (Å²) in [4.78, 5) is 0. The Morgan fingerprint density at radius 2 is 0.732 bits per heavy atom. The molecule has 215 valence electrons. The van der Waals surface area contributed by atoms with E-state index in [2.05, 4.69) is 72.8 Å². The maximum atomic E-state index is 15.0. The Hall–Kier alpha value is -1.37. The first-order valence-corrected chi connectivity index (χ1v) is 17.2. The molecule has 0 bridgehead atoms. The summed E-state index contributed by atoms with van der Waals surface area (Å²) in [7, 11) is -10.4. The largest absolute Gasteiger partial charge is 2.00 e. The van der Waals surface area contributed by atoms with E-state index in [0.29, 0.717) is 17.2 Å². The standard InChI is InChI=1S/C24H18FP3.C5H5.F6P.Fe/c25-17-9-1-6-14-22(17)28-23-15-7-4-12-20(23)26-18-10-2-3-11-19(18)27-21-13-5-8-16-24(21)28;1-2-4-5-3-1;1-7(2,3,4,5)6;/h1-16,26-27H;1-5H;;/q;;-1;+2. The Labute approximate surface area is 250 Å². The quantitative estimate of drug-likeness (QED) is 0.0973. The molecule has 0 aromatic heterocycles. The molecule has 0 spiro atoms. The van der Waals surface area contributed by atoms with Crippen molar-refractivity contribution in [1.82, 2.24) is 0 Å². The van der Waals surface area contributed by atoms with Gasteiger partial charge in [0.2, 0.25) is 0 Å². The SMILES string of the molecule is F[P-](F)(F)(F)(F)F.Fc1ccccc1P1c2ccccc2Pc2ccccc2Pc2ccccc21.[CH]1[CH][CH][CH][CH]1.[Fe+2]. The van der Waals surface area contributed by atoms with Crippen LogP contribution in [0.15, 0.2) is 97.1 Å². The minimum Gasteiger partial charge on any atom is -0.206 e. The number of benzene rings is 4. The first kappa shape index (κ1) is 34.1. The summed E-state index contributed by atoms with van der Waals surface area (Å²) >= 11 is 0. The van der Waals surface area contributed by atoms with Crippen LogP contribution in [0.5, 0.6) is 0 Å². The summed E-state index contributed by atoms with van der Waals surface area (Å²) in [5.41, 5.74) is 0. The molecular weight excluding hydrogens is 661 g/mol. The van der Waals surface area contributed by atoms with Crippen LogP contribution in [0.3, 0.4) is 0 Å². The Balaban J connectivity index is 0.000000299. The maximum Gasteiger partial charge on any atom is 2.00 e. The van der Waals surface area contributed by atoms with Gasteiger partial charge in [-0.25, -0.2) is 4.39 Å². The fourth-order valence-electron chi connectivity index (χ4n) is 3.88. The first-order valence-electron chi connectivity index (χ1n) is 11.9. The third-order valence-electron chi connectivity index (χ3n) is 5.40. The second kappa shape index (κ2) is 13.5. The van der Waals surface area contributed by atoms with Gasteiger partial charge >= 0.3 is 50.1 Å². The Bertz CT molecular complexity index is 1370. The van der Waals surface area contributed by atoms with Gasteiger partial charge in [-0.3, -0.25) is 0 Å². The molecule has 1 fully saturated rings. The van der Waals surface area contributed by atoms with Crippen LogP contribution >= 0.6 is 32.9 Å². The summed E-state index contributed by atoms with van der Waals surface area (Å²) in [5.74, 6) is -0.110. The number of hydrogen-bond acceptors (Lipinski definition) is 0. The first-order chi connectivity index (χ1) is 18.8. The third kappa shape index (κ3) is 11.3. The zero-order chi connectivity index (χ0) is 28.9. The molecule has 12 heteroatoms. The molecule has 4 aromatic rings. The molecule has 1 aliphatic carbocycles. The zero-order valence-corrected chi connectivity index (χ0v) is 25.9. The number of rotatable bonds is 1. The van der Waals surface area contributed by atoms with Gasteiger partial charge in [-0.1, -0.05) is 108 Å². The van der Waals surface area contributed by atoms with Crippen molar-refractivity contribution in [2.45, 2.75) is 0 Å². The molecule has 2 unspecified atom stereocenters. The maximum absolute atomic E-state index is 15.0. The second-order valence-electron chi connectivity index (χ2n) is 8.54. The van der Waals surface area contributed by atoms with E-state index >= 15 is 0 Å². The molecule has 1 aliphatic heterocycles. The monoisotopic (exact) mass is 684 g/mol. The molecule has 1 saturated carbocycles. The number of fused-ring (bicyclic) bond motifs is 3. The van der Waals surface area contributed by atoms with Gasteiger partial charge in [0.05, 0.1) is 0 Å². The Kier molecular flexibility index (Phi) is 11.2. The molecule has 1 heterocycles. The molecule has 41 heavy (non-hydrogen) atoms. The molecule has 5 radical (unpaired) electrons. The minimum atomic E-state index is -10.7. The van der Waals surface area contributed by atoms with E-state index < -0.39 is 15.7 Å². The van der Waals surface area contributed by atoms with Gasteiger partial charge in [-0.15, -0.1) is 0 Å². The fourth-order valence-corrected chi connectivity index (χ4v) is 9.82. The topological polar surface area (TPSA) is 0 Å². The van der Waals surface area contributed by atoms with Crippen LogP contribution in [0, 0.1) is 37.9 Å². The zero-order valence-electron chi connectivity index (χ0n) is 21.0. The van der Waals surface area contributed by atoms with Crippen LogP contribution in [0.1, 0.15) is 0 Å². The molecule has 0 saturated heterocycles. The predicted molar refractivity (Wildman–Crippen MR) is 162 cm³/mol. The van der Waals surface area contributed by atoms with Crippen LogP contribution in [0.2, 0.25) is 0 Å². The average molecular weight is 684 g/mol. The summed E-state index contributed by atoms with van der Waals surface area (Å²) in [6, 6.07) is 33.3. The Morgan fingerprint density at radius 3 is 1.10 bits per heavy atom. The van der Waals surface area contributed by atoms with Gasteiger partial charge < -0.3 is 0 Å². The molecule has 0 N–H and O–H groups in total. The fraction of sp³-hybridized carbons (Fsp3) is 0. The molecule has 4 aromatic carbocycles. The van der Waals surface area contributed by atoms with Crippen LogP contribution in [0.4, 0.5) is 29.6 Å². The number of hydrogen-bond donors (Lipinski definition) is 0. The van der Waals surface area contributed by atoms with E-state index in [0.717, 1.165) is 5.30 Å². The summed E-state index contributed by atoms with van der Waals surface area (Å²) in [6.07, 6.45) is 10.0. The second-order valence-corrected chi connectivity index (χ2v) is 15.2. The van der Waals surface area contributed by atoms with Crippen LogP contribution in [0.25, 0.3) is 0 Å². The molecule has 2 aliphatic rings. The molecule has 0 amide bonds. The molecule has 0 nitrogen and oxygen atoms in total. The van der Waals surface area contributed by atoms with E-state index in [9.17, 15) is 29.6 Å². The smallest absolute Gasteiger partial charge is 0.206 e. The van der Waals surface area contributed by atoms with E-state index in [1.54, 1.807) is 12.1 Å². The van der Waals surface area contributed by atoms with Crippen molar-refractivity contribution in [3.63, 3.8) is 0 Å². The van der Waals surface area contributed by atoms with Crippen molar-refractivity contribution in [3.05, 3.63) is 135 Å². The van der Waals surface area contributed by atoms with Gasteiger partial charge in [0.1, 0.15) is 5.82 Å².